The highest BCUT2D eigenvalue weighted by molar-refractivity contribution is 8.26. The van der Waals surface area contributed by atoms with Gasteiger partial charge in [0.25, 0.3) is 11.5 Å². The maximum Gasteiger partial charge on any atom is 0.267 e. The SMILES string of the molecule is CC[C@@H](C)N1C(=O)/C(=C\c2c(NCCO)nc3ccc(C)cn3c2=O)SC1=S. The van der Waals surface area contributed by atoms with Crippen LogP contribution in [0.1, 0.15) is 31.4 Å². The highest BCUT2D eigenvalue weighted by Gasteiger charge is 2.35. The number of thiocarbonyl (C=S) groups is 1. The van der Waals surface area contributed by atoms with Crippen molar-refractivity contribution in [2.45, 2.75) is 33.2 Å². The van der Waals surface area contributed by atoms with Gasteiger partial charge < -0.3 is 10.4 Å². The Kier molecular flexibility index (Phi) is 6.17. The average Bonchev–Trinajstić information content (AvgIpc) is 2.95. The van der Waals surface area contributed by atoms with E-state index in [4.69, 9.17) is 17.3 Å². The molecule has 0 saturated carbocycles. The summed E-state index contributed by atoms with van der Waals surface area (Å²) in [5.41, 5.74) is 1.38. The molecule has 0 aliphatic carbocycles. The molecular formula is C19H22N4O3S2. The molecule has 2 aromatic rings. The smallest absolute Gasteiger partial charge is 0.267 e. The van der Waals surface area contributed by atoms with Gasteiger partial charge in [0, 0.05) is 18.8 Å². The number of fused-ring (bicyclic) bond motifs is 1. The van der Waals surface area contributed by atoms with E-state index >= 15 is 0 Å². The first kappa shape index (κ1) is 20.5. The molecule has 0 aromatic carbocycles. The summed E-state index contributed by atoms with van der Waals surface area (Å²) >= 11 is 6.55. The number of pyridine rings is 1. The number of thioether (sulfide) groups is 1. The van der Waals surface area contributed by atoms with Crippen LogP contribution in [0.4, 0.5) is 5.82 Å². The molecule has 1 aliphatic rings. The first-order valence-corrected chi connectivity index (χ1v) is 10.2. The first-order chi connectivity index (χ1) is 13.4. The van der Waals surface area contributed by atoms with Crippen molar-refractivity contribution < 1.29 is 9.90 Å². The van der Waals surface area contributed by atoms with Gasteiger partial charge in [-0.15, -0.1) is 0 Å². The van der Waals surface area contributed by atoms with Gasteiger partial charge in [-0.1, -0.05) is 37.0 Å². The van der Waals surface area contributed by atoms with Crippen LogP contribution in [0.25, 0.3) is 11.7 Å². The molecule has 2 aromatic heterocycles. The summed E-state index contributed by atoms with van der Waals surface area (Å²) in [6, 6.07) is 3.62. The highest BCUT2D eigenvalue weighted by atomic mass is 32.2. The zero-order valence-corrected chi connectivity index (χ0v) is 17.6. The van der Waals surface area contributed by atoms with Crippen molar-refractivity contribution in [1.29, 1.82) is 0 Å². The summed E-state index contributed by atoms with van der Waals surface area (Å²) in [5, 5.41) is 12.1. The third-order valence-electron chi connectivity index (χ3n) is 4.54. The van der Waals surface area contributed by atoms with Crippen molar-refractivity contribution in [3.63, 3.8) is 0 Å². The number of carbonyl (C=O) groups excluding carboxylic acids is 1. The zero-order valence-electron chi connectivity index (χ0n) is 15.9. The van der Waals surface area contributed by atoms with E-state index in [1.54, 1.807) is 23.2 Å². The molecule has 7 nitrogen and oxygen atoms in total. The molecule has 1 amide bonds. The zero-order chi connectivity index (χ0) is 20.4. The van der Waals surface area contributed by atoms with Crippen molar-refractivity contribution >= 4 is 51.7 Å². The van der Waals surface area contributed by atoms with Crippen LogP contribution in [0.3, 0.4) is 0 Å². The fourth-order valence-corrected chi connectivity index (χ4v) is 4.32. The largest absolute Gasteiger partial charge is 0.395 e. The Morgan fingerprint density at radius 1 is 1.39 bits per heavy atom. The number of nitrogens with one attached hydrogen (secondary N) is 1. The van der Waals surface area contributed by atoms with Gasteiger partial charge in [0.15, 0.2) is 0 Å². The van der Waals surface area contributed by atoms with Crippen molar-refractivity contribution in [1.82, 2.24) is 14.3 Å². The maximum absolute atomic E-state index is 13.1. The number of aliphatic hydroxyl groups excluding tert-OH is 1. The van der Waals surface area contributed by atoms with Crippen LogP contribution in [0.2, 0.25) is 0 Å². The van der Waals surface area contributed by atoms with Crippen molar-refractivity contribution in [2.75, 3.05) is 18.5 Å². The average molecular weight is 419 g/mol. The molecule has 1 saturated heterocycles. The fourth-order valence-electron chi connectivity index (χ4n) is 2.87. The van der Waals surface area contributed by atoms with E-state index in [0.29, 0.717) is 20.7 Å². The number of aryl methyl sites for hydroxylation is 1. The second-order valence-corrected chi connectivity index (χ2v) is 8.25. The van der Waals surface area contributed by atoms with E-state index in [1.165, 1.54) is 16.2 Å². The standard InChI is InChI=1S/C19H22N4O3S2/c1-4-12(3)23-18(26)14(28-19(23)27)9-13-16(20-7-8-24)21-15-6-5-11(2)10-22(15)17(13)25/h5-6,9-10,12,20,24H,4,7-8H2,1-3H3/b14-9+/t12-/m1/s1. The lowest BCUT2D eigenvalue weighted by Crippen LogP contribution is -2.36. The van der Waals surface area contributed by atoms with Crippen LogP contribution in [0.15, 0.2) is 28.0 Å². The van der Waals surface area contributed by atoms with Crippen LogP contribution in [0, 0.1) is 6.92 Å². The van der Waals surface area contributed by atoms with Crippen LogP contribution < -0.4 is 10.9 Å². The van der Waals surface area contributed by atoms with E-state index in [0.717, 1.165) is 12.0 Å². The molecule has 0 bridgehead atoms. The number of anilines is 1. The topological polar surface area (TPSA) is 86.9 Å². The fraction of sp³-hybridized carbons (Fsp3) is 0.368. The second kappa shape index (κ2) is 8.42. The number of rotatable bonds is 6. The van der Waals surface area contributed by atoms with Crippen LogP contribution >= 0.6 is 24.0 Å². The van der Waals surface area contributed by atoms with E-state index in [-0.39, 0.29) is 36.2 Å². The number of amides is 1. The molecule has 0 spiro atoms. The lowest BCUT2D eigenvalue weighted by atomic mass is 10.2. The minimum absolute atomic E-state index is 0.0103. The number of aromatic nitrogens is 2. The first-order valence-electron chi connectivity index (χ1n) is 9.02. The Labute approximate surface area is 172 Å². The van der Waals surface area contributed by atoms with Gasteiger partial charge >= 0.3 is 0 Å². The molecule has 148 valence electrons. The maximum atomic E-state index is 13.1. The predicted molar refractivity (Wildman–Crippen MR) is 117 cm³/mol. The second-order valence-electron chi connectivity index (χ2n) is 6.57. The molecule has 3 rings (SSSR count). The van der Waals surface area contributed by atoms with Crippen LogP contribution in [0.5, 0.6) is 0 Å². The molecule has 1 aliphatic heterocycles. The lowest BCUT2D eigenvalue weighted by molar-refractivity contribution is -0.123. The van der Waals surface area contributed by atoms with E-state index in [2.05, 4.69) is 10.3 Å². The van der Waals surface area contributed by atoms with Crippen molar-refractivity contribution in [2.24, 2.45) is 0 Å². The molecule has 3 heterocycles. The van der Waals surface area contributed by atoms with Gasteiger partial charge in [-0.3, -0.25) is 18.9 Å². The Morgan fingerprint density at radius 2 is 2.14 bits per heavy atom. The summed E-state index contributed by atoms with van der Waals surface area (Å²) in [5.74, 6) is 0.128. The summed E-state index contributed by atoms with van der Waals surface area (Å²) in [7, 11) is 0. The molecular weight excluding hydrogens is 396 g/mol. The van der Waals surface area contributed by atoms with Crippen LogP contribution in [-0.2, 0) is 4.79 Å². The number of aliphatic hydroxyl groups is 1. The molecule has 9 heteroatoms. The molecule has 28 heavy (non-hydrogen) atoms. The van der Waals surface area contributed by atoms with Gasteiger partial charge in [0.2, 0.25) is 0 Å². The lowest BCUT2D eigenvalue weighted by Gasteiger charge is -2.21. The predicted octanol–water partition coefficient (Wildman–Crippen LogP) is 2.41. The highest BCUT2D eigenvalue weighted by Crippen LogP contribution is 2.34. The third-order valence-corrected chi connectivity index (χ3v) is 5.87. The van der Waals surface area contributed by atoms with Crippen molar-refractivity contribution in [3.8, 4) is 0 Å². The number of nitrogens with zero attached hydrogens (tertiary/aromatic N) is 3. The summed E-state index contributed by atoms with van der Waals surface area (Å²) < 4.78 is 1.95. The van der Waals surface area contributed by atoms with Crippen molar-refractivity contribution in [3.05, 3.63) is 44.7 Å². The van der Waals surface area contributed by atoms with Gasteiger partial charge in [-0.2, -0.15) is 0 Å². The van der Waals surface area contributed by atoms with Gasteiger partial charge in [-0.25, -0.2) is 4.98 Å². The van der Waals surface area contributed by atoms with Gasteiger partial charge in [0.1, 0.15) is 15.8 Å². The van der Waals surface area contributed by atoms with Gasteiger partial charge in [0.05, 0.1) is 17.1 Å². The molecule has 0 unspecified atom stereocenters. The number of hydrogen-bond acceptors (Lipinski definition) is 7. The minimum atomic E-state index is -0.289. The quantitative estimate of drug-likeness (QED) is 0.550. The molecule has 2 N–H and O–H groups in total. The Hall–Kier alpha value is -2.23. The summed E-state index contributed by atoms with van der Waals surface area (Å²) in [6.45, 7) is 5.96. The van der Waals surface area contributed by atoms with Gasteiger partial charge in [-0.05, 0) is 38.0 Å². The van der Waals surface area contributed by atoms with Crippen LogP contribution in [-0.4, -0.2) is 48.8 Å². The monoisotopic (exact) mass is 418 g/mol. The van der Waals surface area contributed by atoms with E-state index in [1.807, 2.05) is 26.8 Å². The Morgan fingerprint density at radius 3 is 2.82 bits per heavy atom. The molecule has 0 radical (unpaired) electrons. The molecule has 1 atom stereocenters. The molecule has 1 fully saturated rings. The third kappa shape index (κ3) is 3.82. The van der Waals surface area contributed by atoms with E-state index in [9.17, 15) is 9.59 Å². The minimum Gasteiger partial charge on any atom is -0.395 e. The summed E-state index contributed by atoms with van der Waals surface area (Å²) in [6.07, 6.45) is 4.04. The Bertz CT molecular complexity index is 1030. The van der Waals surface area contributed by atoms with E-state index < -0.39 is 0 Å². The summed E-state index contributed by atoms with van der Waals surface area (Å²) in [4.78, 5) is 32.4. The normalized spacial score (nSPS) is 17.0. The Balaban J connectivity index is 2.14. The number of hydrogen-bond donors (Lipinski definition) is 2. The number of carbonyl (C=O) groups is 1.